The summed E-state index contributed by atoms with van der Waals surface area (Å²) in [4.78, 5) is 29.8. The molecular formula is C24H29N3O3. The zero-order chi connectivity index (χ0) is 21.1. The molecule has 6 nitrogen and oxygen atoms in total. The van der Waals surface area contributed by atoms with Gasteiger partial charge >= 0.3 is 0 Å². The second kappa shape index (κ2) is 8.78. The molecule has 2 unspecified atom stereocenters. The highest BCUT2D eigenvalue weighted by Crippen LogP contribution is 2.30. The van der Waals surface area contributed by atoms with E-state index < -0.39 is 5.92 Å². The van der Waals surface area contributed by atoms with Gasteiger partial charge in [0, 0.05) is 31.4 Å². The Labute approximate surface area is 177 Å². The van der Waals surface area contributed by atoms with Crippen LogP contribution in [0.4, 0.5) is 11.4 Å². The Morgan fingerprint density at radius 3 is 2.60 bits per heavy atom. The molecule has 4 rings (SSSR count). The van der Waals surface area contributed by atoms with Crippen molar-refractivity contribution in [1.29, 1.82) is 0 Å². The van der Waals surface area contributed by atoms with Crippen molar-refractivity contribution in [2.24, 2.45) is 5.92 Å². The van der Waals surface area contributed by atoms with E-state index in [-0.39, 0.29) is 17.9 Å². The van der Waals surface area contributed by atoms with Crippen LogP contribution in [0.3, 0.4) is 0 Å². The van der Waals surface area contributed by atoms with Gasteiger partial charge in [0.25, 0.3) is 0 Å². The van der Waals surface area contributed by atoms with E-state index in [4.69, 9.17) is 4.74 Å². The third-order valence-electron chi connectivity index (χ3n) is 6.06. The number of carbonyl (C=O) groups is 2. The number of hydrogen-bond donors (Lipinski definition) is 1. The van der Waals surface area contributed by atoms with Crippen LogP contribution < -0.4 is 19.9 Å². The summed E-state index contributed by atoms with van der Waals surface area (Å²) in [6.45, 7) is 4.24. The molecule has 2 saturated heterocycles. The lowest BCUT2D eigenvalue weighted by atomic mass is 10.0. The van der Waals surface area contributed by atoms with Gasteiger partial charge in [-0.1, -0.05) is 29.8 Å². The number of anilines is 2. The molecule has 2 heterocycles. The Morgan fingerprint density at radius 1 is 1.07 bits per heavy atom. The van der Waals surface area contributed by atoms with Crippen LogP contribution in [0.5, 0.6) is 5.75 Å². The summed E-state index contributed by atoms with van der Waals surface area (Å²) >= 11 is 0. The number of nitrogens with one attached hydrogen (secondary N) is 1. The molecule has 0 saturated carbocycles. The lowest BCUT2D eigenvalue weighted by Crippen LogP contribution is -2.50. The summed E-state index contributed by atoms with van der Waals surface area (Å²) < 4.78 is 5.49. The van der Waals surface area contributed by atoms with Crippen LogP contribution in [0.1, 0.15) is 24.8 Å². The minimum atomic E-state index is -0.604. The first-order valence-corrected chi connectivity index (χ1v) is 10.6. The van der Waals surface area contributed by atoms with E-state index >= 15 is 0 Å². The molecule has 2 aromatic rings. The SMILES string of the molecule is COc1ccccc1N1CCCC(NC(=O)C2CCN(c3ccc(C)cc3)C2=O)C1. The predicted octanol–water partition coefficient (Wildman–Crippen LogP) is 3.14. The van der Waals surface area contributed by atoms with E-state index in [1.54, 1.807) is 12.0 Å². The van der Waals surface area contributed by atoms with Crippen LogP contribution in [-0.4, -0.2) is 44.6 Å². The van der Waals surface area contributed by atoms with E-state index in [0.717, 1.165) is 42.1 Å². The maximum absolute atomic E-state index is 12.9. The van der Waals surface area contributed by atoms with Gasteiger partial charge in [-0.15, -0.1) is 0 Å². The van der Waals surface area contributed by atoms with E-state index in [0.29, 0.717) is 19.5 Å². The first-order chi connectivity index (χ1) is 14.6. The van der Waals surface area contributed by atoms with Gasteiger partial charge in [0.15, 0.2) is 0 Å². The summed E-state index contributed by atoms with van der Waals surface area (Å²) in [5.74, 6) is -0.0210. The number of aryl methyl sites for hydroxylation is 1. The van der Waals surface area contributed by atoms with E-state index in [9.17, 15) is 9.59 Å². The molecule has 2 amide bonds. The largest absolute Gasteiger partial charge is 0.495 e. The molecule has 0 radical (unpaired) electrons. The van der Waals surface area contributed by atoms with Crippen LogP contribution in [0.15, 0.2) is 48.5 Å². The molecule has 2 aliphatic rings. The van der Waals surface area contributed by atoms with Crippen LogP contribution in [-0.2, 0) is 9.59 Å². The molecule has 0 bridgehead atoms. The molecule has 2 fully saturated rings. The number of piperidine rings is 1. The van der Waals surface area contributed by atoms with Crippen molar-refractivity contribution in [3.8, 4) is 5.75 Å². The van der Waals surface area contributed by atoms with Crippen LogP contribution in [0, 0.1) is 12.8 Å². The van der Waals surface area contributed by atoms with Gasteiger partial charge < -0.3 is 19.9 Å². The number of para-hydroxylation sites is 2. The second-order valence-electron chi connectivity index (χ2n) is 8.13. The molecule has 0 spiro atoms. The highest BCUT2D eigenvalue weighted by atomic mass is 16.5. The van der Waals surface area contributed by atoms with Gasteiger partial charge in [-0.25, -0.2) is 0 Å². The average molecular weight is 408 g/mol. The fourth-order valence-corrected chi connectivity index (χ4v) is 4.41. The molecule has 6 heteroatoms. The molecule has 2 aromatic carbocycles. The number of ether oxygens (including phenoxy) is 1. The molecule has 1 N–H and O–H groups in total. The highest BCUT2D eigenvalue weighted by Gasteiger charge is 2.38. The number of nitrogens with zero attached hydrogens (tertiary/aromatic N) is 2. The number of methoxy groups -OCH3 is 1. The first kappa shape index (κ1) is 20.3. The first-order valence-electron chi connectivity index (χ1n) is 10.6. The number of rotatable bonds is 5. The van der Waals surface area contributed by atoms with Crippen molar-refractivity contribution in [2.75, 3.05) is 36.5 Å². The standard InChI is InChI=1S/C24H29N3O3/c1-17-9-11-19(12-10-17)27-15-13-20(24(27)29)23(28)25-18-6-5-14-26(16-18)21-7-3-4-8-22(21)30-2/h3-4,7-12,18,20H,5-6,13-16H2,1-2H3,(H,25,28). The van der Waals surface area contributed by atoms with Gasteiger partial charge in [-0.2, -0.15) is 0 Å². The summed E-state index contributed by atoms with van der Waals surface area (Å²) in [6.07, 6.45) is 2.46. The van der Waals surface area contributed by atoms with Crippen molar-refractivity contribution in [1.82, 2.24) is 5.32 Å². The van der Waals surface area contributed by atoms with Crippen LogP contribution in [0.25, 0.3) is 0 Å². The van der Waals surface area contributed by atoms with Crippen molar-refractivity contribution < 1.29 is 14.3 Å². The molecule has 0 aliphatic carbocycles. The Morgan fingerprint density at radius 2 is 1.83 bits per heavy atom. The number of hydrogen-bond acceptors (Lipinski definition) is 4. The predicted molar refractivity (Wildman–Crippen MR) is 118 cm³/mol. The lowest BCUT2D eigenvalue weighted by molar-refractivity contribution is -0.132. The summed E-state index contributed by atoms with van der Waals surface area (Å²) in [5.41, 5.74) is 3.05. The third kappa shape index (κ3) is 4.13. The summed E-state index contributed by atoms with van der Waals surface area (Å²) in [5, 5.41) is 3.14. The van der Waals surface area contributed by atoms with Crippen LogP contribution >= 0.6 is 0 Å². The Balaban J connectivity index is 1.39. The van der Waals surface area contributed by atoms with Gasteiger partial charge in [0.05, 0.1) is 12.8 Å². The molecule has 2 atom stereocenters. The monoisotopic (exact) mass is 407 g/mol. The fraction of sp³-hybridized carbons (Fsp3) is 0.417. The number of benzene rings is 2. The number of carbonyl (C=O) groups excluding carboxylic acids is 2. The quantitative estimate of drug-likeness (QED) is 0.774. The van der Waals surface area contributed by atoms with Crippen molar-refractivity contribution in [2.45, 2.75) is 32.2 Å². The van der Waals surface area contributed by atoms with Gasteiger partial charge in [-0.05, 0) is 50.5 Å². The minimum absolute atomic E-state index is 0.0254. The molecular weight excluding hydrogens is 378 g/mol. The van der Waals surface area contributed by atoms with E-state index in [1.807, 2.05) is 55.5 Å². The maximum atomic E-state index is 12.9. The highest BCUT2D eigenvalue weighted by molar-refractivity contribution is 6.09. The average Bonchev–Trinajstić information content (AvgIpc) is 3.16. The zero-order valence-corrected chi connectivity index (χ0v) is 17.6. The normalized spacial score (nSPS) is 21.6. The van der Waals surface area contributed by atoms with Crippen molar-refractivity contribution in [3.63, 3.8) is 0 Å². The van der Waals surface area contributed by atoms with Crippen molar-refractivity contribution >= 4 is 23.2 Å². The van der Waals surface area contributed by atoms with E-state index in [2.05, 4.69) is 10.2 Å². The summed E-state index contributed by atoms with van der Waals surface area (Å²) in [7, 11) is 1.67. The van der Waals surface area contributed by atoms with Crippen LogP contribution in [0.2, 0.25) is 0 Å². The smallest absolute Gasteiger partial charge is 0.239 e. The van der Waals surface area contributed by atoms with E-state index in [1.165, 1.54) is 0 Å². The molecule has 0 aromatic heterocycles. The number of amides is 2. The summed E-state index contributed by atoms with van der Waals surface area (Å²) in [6, 6.07) is 15.8. The third-order valence-corrected chi connectivity index (χ3v) is 6.06. The molecule has 30 heavy (non-hydrogen) atoms. The fourth-order valence-electron chi connectivity index (χ4n) is 4.41. The molecule has 2 aliphatic heterocycles. The Bertz CT molecular complexity index is 912. The van der Waals surface area contributed by atoms with Gasteiger partial charge in [-0.3, -0.25) is 9.59 Å². The van der Waals surface area contributed by atoms with Crippen molar-refractivity contribution in [3.05, 3.63) is 54.1 Å². The maximum Gasteiger partial charge on any atom is 0.239 e. The zero-order valence-electron chi connectivity index (χ0n) is 17.6. The second-order valence-corrected chi connectivity index (χ2v) is 8.13. The molecule has 158 valence electrons. The van der Waals surface area contributed by atoms with Gasteiger partial charge in [0.1, 0.15) is 11.7 Å². The Hall–Kier alpha value is -3.02. The lowest BCUT2D eigenvalue weighted by Gasteiger charge is -2.35. The topological polar surface area (TPSA) is 61.9 Å². The Kier molecular flexibility index (Phi) is 5.93. The minimum Gasteiger partial charge on any atom is -0.495 e. The van der Waals surface area contributed by atoms with Gasteiger partial charge in [0.2, 0.25) is 11.8 Å².